The SMILES string of the molecule is CCn1cc(C(=O)N2CC(c3nc(-c4ccco4)no3)C2)c(=O)c2ccc(C)nc21. The van der Waals surface area contributed by atoms with Gasteiger partial charge in [0.25, 0.3) is 5.91 Å². The zero-order valence-electron chi connectivity index (χ0n) is 16.5. The van der Waals surface area contributed by atoms with Crippen LogP contribution < -0.4 is 5.43 Å². The van der Waals surface area contributed by atoms with Crippen molar-refractivity contribution < 1.29 is 13.7 Å². The summed E-state index contributed by atoms with van der Waals surface area (Å²) in [5, 5.41) is 4.37. The second-order valence-electron chi connectivity index (χ2n) is 7.32. The fraction of sp³-hybridized carbons (Fsp3) is 0.286. The first-order valence-electron chi connectivity index (χ1n) is 9.72. The number of rotatable bonds is 4. The fourth-order valence-corrected chi connectivity index (χ4v) is 3.63. The van der Waals surface area contributed by atoms with E-state index in [2.05, 4.69) is 15.1 Å². The van der Waals surface area contributed by atoms with E-state index in [1.807, 2.05) is 18.4 Å². The van der Waals surface area contributed by atoms with E-state index < -0.39 is 0 Å². The lowest BCUT2D eigenvalue weighted by atomic mass is 9.98. The summed E-state index contributed by atoms with van der Waals surface area (Å²) >= 11 is 0. The molecule has 0 bridgehead atoms. The van der Waals surface area contributed by atoms with Crippen LogP contribution in [0.15, 0.2) is 50.5 Å². The zero-order valence-corrected chi connectivity index (χ0v) is 16.5. The molecule has 0 aliphatic carbocycles. The van der Waals surface area contributed by atoms with Crippen LogP contribution in [0, 0.1) is 6.92 Å². The summed E-state index contributed by atoms with van der Waals surface area (Å²) in [6.45, 7) is 5.25. The van der Waals surface area contributed by atoms with Crippen molar-refractivity contribution in [2.75, 3.05) is 13.1 Å². The third-order valence-corrected chi connectivity index (χ3v) is 5.33. The van der Waals surface area contributed by atoms with Gasteiger partial charge in [-0.05, 0) is 38.1 Å². The van der Waals surface area contributed by atoms with E-state index in [4.69, 9.17) is 8.94 Å². The van der Waals surface area contributed by atoms with Crippen molar-refractivity contribution in [2.45, 2.75) is 26.3 Å². The monoisotopic (exact) mass is 405 g/mol. The van der Waals surface area contributed by atoms with Crippen molar-refractivity contribution in [1.82, 2.24) is 24.6 Å². The molecule has 5 heterocycles. The Morgan fingerprint density at radius 2 is 2.07 bits per heavy atom. The number of amides is 1. The molecule has 0 unspecified atom stereocenters. The highest BCUT2D eigenvalue weighted by atomic mass is 16.5. The minimum Gasteiger partial charge on any atom is -0.461 e. The van der Waals surface area contributed by atoms with E-state index in [0.717, 1.165) is 5.69 Å². The quantitative estimate of drug-likeness (QED) is 0.513. The minimum atomic E-state index is -0.299. The predicted molar refractivity (Wildman–Crippen MR) is 107 cm³/mol. The van der Waals surface area contributed by atoms with Gasteiger partial charge in [-0.15, -0.1) is 0 Å². The van der Waals surface area contributed by atoms with E-state index >= 15 is 0 Å². The summed E-state index contributed by atoms with van der Waals surface area (Å²) < 4.78 is 12.4. The molecule has 9 nitrogen and oxygen atoms in total. The highest BCUT2D eigenvalue weighted by Crippen LogP contribution is 2.28. The highest BCUT2D eigenvalue weighted by molar-refractivity contribution is 5.97. The zero-order chi connectivity index (χ0) is 20.8. The average Bonchev–Trinajstić information content (AvgIpc) is 3.39. The lowest BCUT2D eigenvalue weighted by Crippen LogP contribution is -2.49. The van der Waals surface area contributed by atoms with Crippen LogP contribution in [0.25, 0.3) is 22.6 Å². The van der Waals surface area contributed by atoms with Crippen LogP contribution in [-0.2, 0) is 6.54 Å². The molecule has 1 saturated heterocycles. The largest absolute Gasteiger partial charge is 0.461 e. The van der Waals surface area contributed by atoms with Crippen LogP contribution in [0.1, 0.15) is 34.8 Å². The van der Waals surface area contributed by atoms with E-state index in [-0.39, 0.29) is 22.8 Å². The molecule has 1 aliphatic rings. The Balaban J connectivity index is 1.38. The second-order valence-corrected chi connectivity index (χ2v) is 7.32. The van der Waals surface area contributed by atoms with Crippen molar-refractivity contribution in [2.24, 2.45) is 0 Å². The Kier molecular flexibility index (Phi) is 4.23. The van der Waals surface area contributed by atoms with Gasteiger partial charge in [0.05, 0.1) is 17.6 Å². The van der Waals surface area contributed by atoms with E-state index in [9.17, 15) is 9.59 Å². The van der Waals surface area contributed by atoms with E-state index in [1.165, 1.54) is 0 Å². The maximum Gasteiger partial charge on any atom is 0.259 e. The van der Waals surface area contributed by atoms with Crippen molar-refractivity contribution in [3.63, 3.8) is 0 Å². The molecule has 30 heavy (non-hydrogen) atoms. The summed E-state index contributed by atoms with van der Waals surface area (Å²) in [5.74, 6) is 0.991. The molecule has 5 rings (SSSR count). The first kappa shape index (κ1) is 18.3. The number of hydrogen-bond donors (Lipinski definition) is 0. The Morgan fingerprint density at radius 1 is 1.23 bits per heavy atom. The van der Waals surface area contributed by atoms with Crippen LogP contribution in [0.5, 0.6) is 0 Å². The normalized spacial score (nSPS) is 14.3. The predicted octanol–water partition coefficient (Wildman–Crippen LogP) is 2.61. The number of pyridine rings is 2. The van der Waals surface area contributed by atoms with Gasteiger partial charge in [-0.3, -0.25) is 9.59 Å². The fourth-order valence-electron chi connectivity index (χ4n) is 3.63. The van der Waals surface area contributed by atoms with Crippen LogP contribution in [0.2, 0.25) is 0 Å². The molecule has 0 saturated carbocycles. The lowest BCUT2D eigenvalue weighted by molar-refractivity contribution is 0.0567. The van der Waals surface area contributed by atoms with Crippen molar-refractivity contribution in [1.29, 1.82) is 0 Å². The van der Waals surface area contributed by atoms with Crippen molar-refractivity contribution in [3.8, 4) is 11.6 Å². The summed E-state index contributed by atoms with van der Waals surface area (Å²) in [6.07, 6.45) is 3.15. The standard InChI is InChI=1S/C21H19N5O4/c1-3-25-11-15(17(27)14-7-6-12(2)22-19(14)25)21(28)26-9-13(10-26)20-23-18(24-30-20)16-5-4-8-29-16/h4-8,11,13H,3,9-10H2,1-2H3. The maximum absolute atomic E-state index is 13.0. The number of carbonyl (C=O) groups is 1. The first-order valence-corrected chi connectivity index (χ1v) is 9.72. The van der Waals surface area contributed by atoms with Gasteiger partial charge in [0.1, 0.15) is 11.2 Å². The molecule has 0 N–H and O–H groups in total. The van der Waals surface area contributed by atoms with Gasteiger partial charge in [-0.2, -0.15) is 4.98 Å². The van der Waals surface area contributed by atoms with Crippen molar-refractivity contribution in [3.05, 3.63) is 64.1 Å². The molecular weight excluding hydrogens is 386 g/mol. The van der Waals surface area contributed by atoms with Gasteiger partial charge in [0, 0.05) is 31.5 Å². The third kappa shape index (κ3) is 2.90. The molecule has 4 aromatic rings. The first-order chi connectivity index (χ1) is 14.5. The number of fused-ring (bicyclic) bond motifs is 1. The highest BCUT2D eigenvalue weighted by Gasteiger charge is 2.37. The number of likely N-dealkylation sites (tertiary alicyclic amines) is 1. The number of furan rings is 1. The third-order valence-electron chi connectivity index (χ3n) is 5.33. The molecule has 0 radical (unpaired) electrons. The van der Waals surface area contributed by atoms with Crippen molar-refractivity contribution >= 4 is 16.9 Å². The Labute approximate surface area is 170 Å². The lowest BCUT2D eigenvalue weighted by Gasteiger charge is -2.37. The number of aryl methyl sites for hydroxylation is 2. The molecular formula is C21H19N5O4. The molecule has 4 aromatic heterocycles. The Morgan fingerprint density at radius 3 is 2.80 bits per heavy atom. The van der Waals surface area contributed by atoms with Gasteiger partial charge >= 0.3 is 0 Å². The Hall–Kier alpha value is -3.75. The van der Waals surface area contributed by atoms with Gasteiger partial charge in [0.15, 0.2) is 5.76 Å². The second kappa shape index (κ2) is 6.94. The summed E-state index contributed by atoms with van der Waals surface area (Å²) in [4.78, 5) is 36.4. The average molecular weight is 405 g/mol. The van der Waals surface area contributed by atoms with Crippen LogP contribution in [0.4, 0.5) is 0 Å². The topological polar surface area (TPSA) is 107 Å². The smallest absolute Gasteiger partial charge is 0.259 e. The maximum atomic E-state index is 13.0. The minimum absolute atomic E-state index is 0.0664. The summed E-state index contributed by atoms with van der Waals surface area (Å²) in [7, 11) is 0. The van der Waals surface area contributed by atoms with Crippen LogP contribution in [0.3, 0.4) is 0 Å². The van der Waals surface area contributed by atoms with Crippen LogP contribution in [-0.4, -0.2) is 43.6 Å². The van der Waals surface area contributed by atoms with E-state index in [0.29, 0.717) is 48.1 Å². The molecule has 0 spiro atoms. The molecule has 0 aromatic carbocycles. The van der Waals surface area contributed by atoms with Gasteiger partial charge in [-0.25, -0.2) is 4.98 Å². The van der Waals surface area contributed by atoms with Gasteiger partial charge in [-0.1, -0.05) is 5.16 Å². The van der Waals surface area contributed by atoms with Gasteiger partial charge in [0.2, 0.25) is 17.1 Å². The Bertz CT molecular complexity index is 1300. The molecule has 1 amide bonds. The molecule has 1 fully saturated rings. The summed E-state index contributed by atoms with van der Waals surface area (Å²) in [5.41, 5.74) is 1.27. The molecule has 0 atom stereocenters. The number of nitrogens with zero attached hydrogens (tertiary/aromatic N) is 5. The molecule has 1 aliphatic heterocycles. The number of aromatic nitrogens is 4. The molecule has 152 valence electrons. The van der Waals surface area contributed by atoms with Gasteiger partial charge < -0.3 is 18.4 Å². The number of carbonyl (C=O) groups excluding carboxylic acids is 1. The van der Waals surface area contributed by atoms with E-state index in [1.54, 1.807) is 41.6 Å². The number of hydrogen-bond acceptors (Lipinski definition) is 7. The molecule has 9 heteroatoms. The summed E-state index contributed by atoms with van der Waals surface area (Å²) in [6, 6.07) is 7.01. The van der Waals surface area contributed by atoms with Crippen LogP contribution >= 0.6 is 0 Å².